The van der Waals surface area contributed by atoms with Gasteiger partial charge in [0.25, 0.3) is 0 Å². The molecule has 0 fully saturated rings. The van der Waals surface area contributed by atoms with Gasteiger partial charge < -0.3 is 10.6 Å². The van der Waals surface area contributed by atoms with Crippen LogP contribution in [0.25, 0.3) is 5.65 Å². The van der Waals surface area contributed by atoms with Gasteiger partial charge in [0.2, 0.25) is 11.9 Å². The Morgan fingerprint density at radius 2 is 2.35 bits per heavy atom. The molecule has 1 amide bonds. The number of aromatic nitrogens is 3. The zero-order valence-electron chi connectivity index (χ0n) is 9.90. The average Bonchev–Trinajstić information content (AvgIpc) is 2.68. The molecule has 0 saturated heterocycles. The molecule has 0 saturated carbocycles. The maximum atomic E-state index is 11.2. The lowest BCUT2D eigenvalue weighted by Crippen LogP contribution is -2.29. The molecule has 0 aliphatic heterocycles. The van der Waals surface area contributed by atoms with E-state index in [4.69, 9.17) is 0 Å². The largest absolute Gasteiger partial charge is 0.355 e. The number of fused-ring (bicyclic) bond motifs is 1. The van der Waals surface area contributed by atoms with E-state index in [2.05, 4.69) is 20.7 Å². The lowest BCUT2D eigenvalue weighted by molar-refractivity contribution is -0.119. The number of rotatable bonds is 4. The highest BCUT2D eigenvalue weighted by molar-refractivity contribution is 5.80. The minimum Gasteiger partial charge on any atom is -0.355 e. The number of nitrogens with one attached hydrogen (secondary N) is 2. The van der Waals surface area contributed by atoms with E-state index in [1.165, 1.54) is 0 Å². The van der Waals surface area contributed by atoms with Crippen molar-refractivity contribution in [3.05, 3.63) is 23.9 Å². The molecule has 0 aliphatic carbocycles. The predicted molar refractivity (Wildman–Crippen MR) is 64.9 cm³/mol. The number of pyridine rings is 1. The van der Waals surface area contributed by atoms with E-state index in [1.54, 1.807) is 4.52 Å². The molecule has 90 valence electrons. The Kier molecular flexibility index (Phi) is 3.22. The molecule has 2 heterocycles. The molecule has 0 unspecified atom stereocenters. The molecule has 2 N–H and O–H groups in total. The van der Waals surface area contributed by atoms with Crippen LogP contribution in [0, 0.1) is 6.92 Å². The second kappa shape index (κ2) is 4.82. The molecule has 2 aromatic rings. The summed E-state index contributed by atoms with van der Waals surface area (Å²) in [5, 5.41) is 9.78. The van der Waals surface area contributed by atoms with Crippen molar-refractivity contribution in [3.63, 3.8) is 0 Å². The molecule has 2 rings (SSSR count). The Morgan fingerprint density at radius 1 is 1.53 bits per heavy atom. The number of hydrogen-bond acceptors (Lipinski definition) is 4. The summed E-state index contributed by atoms with van der Waals surface area (Å²) in [5.74, 6) is 0.393. The van der Waals surface area contributed by atoms with Gasteiger partial charge in [0.1, 0.15) is 0 Å². The van der Waals surface area contributed by atoms with Crippen LogP contribution < -0.4 is 10.6 Å². The smallest absolute Gasteiger partial charge is 0.243 e. The summed E-state index contributed by atoms with van der Waals surface area (Å²) in [6.45, 7) is 4.68. The Hall–Kier alpha value is -2.11. The number of anilines is 1. The normalized spacial score (nSPS) is 10.5. The van der Waals surface area contributed by atoms with Gasteiger partial charge in [-0.05, 0) is 31.5 Å². The first-order chi connectivity index (χ1) is 8.19. The Bertz CT molecular complexity index is 534. The van der Waals surface area contributed by atoms with Crippen LogP contribution in [0.1, 0.15) is 12.5 Å². The summed E-state index contributed by atoms with van der Waals surface area (Å²) >= 11 is 0. The molecular formula is C11H15N5O. The first-order valence-corrected chi connectivity index (χ1v) is 5.52. The van der Waals surface area contributed by atoms with Gasteiger partial charge in [-0.3, -0.25) is 4.79 Å². The van der Waals surface area contributed by atoms with Crippen molar-refractivity contribution in [2.45, 2.75) is 13.8 Å². The average molecular weight is 233 g/mol. The van der Waals surface area contributed by atoms with E-state index < -0.39 is 0 Å². The Morgan fingerprint density at radius 3 is 3.12 bits per heavy atom. The number of carbonyl (C=O) groups excluding carboxylic acids is 1. The Balaban J connectivity index is 2.07. The summed E-state index contributed by atoms with van der Waals surface area (Å²) in [7, 11) is 0. The lowest BCUT2D eigenvalue weighted by Gasteiger charge is -2.01. The highest BCUT2D eigenvalue weighted by atomic mass is 16.1. The summed E-state index contributed by atoms with van der Waals surface area (Å²) in [6, 6.07) is 3.89. The summed E-state index contributed by atoms with van der Waals surface area (Å²) in [6.07, 6.45) is 1.84. The van der Waals surface area contributed by atoms with Crippen molar-refractivity contribution in [1.29, 1.82) is 0 Å². The van der Waals surface area contributed by atoms with Gasteiger partial charge in [0.15, 0.2) is 5.65 Å². The van der Waals surface area contributed by atoms with Gasteiger partial charge in [-0.2, -0.15) is 4.98 Å². The summed E-state index contributed by atoms with van der Waals surface area (Å²) in [4.78, 5) is 15.5. The molecule has 0 aliphatic rings. The first kappa shape index (κ1) is 11.4. The highest BCUT2D eigenvalue weighted by Crippen LogP contribution is 2.06. The van der Waals surface area contributed by atoms with Gasteiger partial charge in [0.05, 0.1) is 6.54 Å². The molecule has 0 radical (unpaired) electrons. The van der Waals surface area contributed by atoms with Gasteiger partial charge in [0, 0.05) is 12.7 Å². The Labute approximate surface area is 99.0 Å². The fourth-order valence-corrected chi connectivity index (χ4v) is 1.48. The van der Waals surface area contributed by atoms with E-state index in [1.807, 2.05) is 32.2 Å². The van der Waals surface area contributed by atoms with Crippen LogP contribution in [0.3, 0.4) is 0 Å². The van der Waals surface area contributed by atoms with Crippen molar-refractivity contribution in [2.75, 3.05) is 18.4 Å². The van der Waals surface area contributed by atoms with Gasteiger partial charge in [-0.25, -0.2) is 4.52 Å². The molecular weight excluding hydrogens is 218 g/mol. The van der Waals surface area contributed by atoms with Crippen LogP contribution >= 0.6 is 0 Å². The predicted octanol–water partition coefficient (Wildman–Crippen LogP) is 0.586. The minimum atomic E-state index is -0.0671. The van der Waals surface area contributed by atoms with E-state index in [-0.39, 0.29) is 12.5 Å². The number of amides is 1. The van der Waals surface area contributed by atoms with Gasteiger partial charge >= 0.3 is 0 Å². The molecule has 6 nitrogen and oxygen atoms in total. The van der Waals surface area contributed by atoms with Crippen LogP contribution in [0.4, 0.5) is 5.95 Å². The zero-order chi connectivity index (χ0) is 12.3. The molecule has 0 bridgehead atoms. The second-order valence-corrected chi connectivity index (χ2v) is 3.75. The summed E-state index contributed by atoms with van der Waals surface area (Å²) < 4.78 is 1.67. The van der Waals surface area contributed by atoms with Crippen LogP contribution in [0.2, 0.25) is 0 Å². The number of aryl methyl sites for hydroxylation is 1. The van der Waals surface area contributed by atoms with Crippen LogP contribution in [0.5, 0.6) is 0 Å². The van der Waals surface area contributed by atoms with Crippen LogP contribution in [-0.2, 0) is 4.79 Å². The zero-order valence-corrected chi connectivity index (χ0v) is 9.90. The van der Waals surface area contributed by atoms with Crippen molar-refractivity contribution in [1.82, 2.24) is 19.9 Å². The molecule has 0 atom stereocenters. The maximum absolute atomic E-state index is 11.2. The number of likely N-dealkylation sites (N-methyl/N-ethyl adjacent to an activating group) is 1. The van der Waals surface area contributed by atoms with Crippen molar-refractivity contribution < 1.29 is 4.79 Å². The molecule has 17 heavy (non-hydrogen) atoms. The monoisotopic (exact) mass is 233 g/mol. The van der Waals surface area contributed by atoms with Crippen LogP contribution in [0.15, 0.2) is 18.3 Å². The van der Waals surface area contributed by atoms with E-state index >= 15 is 0 Å². The third-order valence-corrected chi connectivity index (χ3v) is 2.27. The third-order valence-electron chi connectivity index (χ3n) is 2.27. The fourth-order valence-electron chi connectivity index (χ4n) is 1.48. The first-order valence-electron chi connectivity index (χ1n) is 5.52. The standard InChI is InChI=1S/C11H15N5O/c1-3-12-10(17)7-13-11-14-9-6-8(2)4-5-16(9)15-11/h4-6H,3,7H2,1-2H3,(H,12,17)(H,13,15). The quantitative estimate of drug-likeness (QED) is 0.810. The molecule has 0 spiro atoms. The maximum Gasteiger partial charge on any atom is 0.243 e. The topological polar surface area (TPSA) is 71.3 Å². The number of carbonyl (C=O) groups is 1. The fraction of sp³-hybridized carbons (Fsp3) is 0.364. The van der Waals surface area contributed by atoms with Crippen molar-refractivity contribution >= 4 is 17.5 Å². The van der Waals surface area contributed by atoms with E-state index in [0.29, 0.717) is 12.5 Å². The van der Waals surface area contributed by atoms with Crippen molar-refractivity contribution in [3.8, 4) is 0 Å². The SMILES string of the molecule is CCNC(=O)CNc1nc2cc(C)ccn2n1. The van der Waals surface area contributed by atoms with Gasteiger partial charge in [-0.15, -0.1) is 5.10 Å². The molecule has 2 aromatic heterocycles. The summed E-state index contributed by atoms with van der Waals surface area (Å²) in [5.41, 5.74) is 1.89. The minimum absolute atomic E-state index is 0.0671. The number of nitrogens with zero attached hydrogens (tertiary/aromatic N) is 3. The van der Waals surface area contributed by atoms with E-state index in [0.717, 1.165) is 11.2 Å². The molecule has 0 aromatic carbocycles. The van der Waals surface area contributed by atoms with Crippen molar-refractivity contribution in [2.24, 2.45) is 0 Å². The number of hydrogen-bond donors (Lipinski definition) is 2. The third kappa shape index (κ3) is 2.72. The lowest BCUT2D eigenvalue weighted by atomic mass is 10.3. The highest BCUT2D eigenvalue weighted by Gasteiger charge is 2.04. The van der Waals surface area contributed by atoms with Gasteiger partial charge in [-0.1, -0.05) is 0 Å². The van der Waals surface area contributed by atoms with Crippen LogP contribution in [-0.4, -0.2) is 33.6 Å². The van der Waals surface area contributed by atoms with E-state index in [9.17, 15) is 4.79 Å². The molecule has 6 heteroatoms. The second-order valence-electron chi connectivity index (χ2n) is 3.75.